The Morgan fingerprint density at radius 2 is 1.60 bits per heavy atom. The maximum Gasteiger partial charge on any atom is 0.261 e. The topological polar surface area (TPSA) is 91.7 Å². The first-order valence-corrected chi connectivity index (χ1v) is 13.7. The Bertz CT molecular complexity index is 2020. The fourth-order valence-corrected chi connectivity index (χ4v) is 5.02. The van der Waals surface area contributed by atoms with Gasteiger partial charge in [-0.3, -0.25) is 14.6 Å². The van der Waals surface area contributed by atoms with Crippen molar-refractivity contribution in [2.75, 3.05) is 19.5 Å². The maximum absolute atomic E-state index is 13.5. The van der Waals surface area contributed by atoms with Crippen LogP contribution in [0.15, 0.2) is 113 Å². The summed E-state index contributed by atoms with van der Waals surface area (Å²) >= 11 is 3.46. The number of hydrogen-bond acceptors (Lipinski definition) is 6. The number of nitrogens with zero attached hydrogens (tertiary/aromatic N) is 2. The quantitative estimate of drug-likeness (QED) is 0.200. The minimum atomic E-state index is -0.528. The molecule has 42 heavy (non-hydrogen) atoms. The van der Waals surface area contributed by atoms with E-state index in [2.05, 4.69) is 26.2 Å². The molecule has 0 atom stereocenters. The Labute approximate surface area is 249 Å². The zero-order valence-corrected chi connectivity index (χ0v) is 24.2. The molecule has 0 spiro atoms. The second-order valence-electron chi connectivity index (χ2n) is 9.35. The van der Waals surface area contributed by atoms with Crippen LogP contribution in [0.25, 0.3) is 27.5 Å². The van der Waals surface area contributed by atoms with Gasteiger partial charge in [0.15, 0.2) is 11.5 Å². The van der Waals surface area contributed by atoms with Gasteiger partial charge in [0.2, 0.25) is 5.43 Å². The predicted octanol–water partition coefficient (Wildman–Crippen LogP) is 7.36. The lowest BCUT2D eigenvalue weighted by Gasteiger charge is -2.14. The van der Waals surface area contributed by atoms with Crippen LogP contribution in [0.4, 0.5) is 5.69 Å². The fraction of sp³-hybridized carbons (Fsp3) is 0.0606. The Hall–Kier alpha value is -5.15. The summed E-state index contributed by atoms with van der Waals surface area (Å²) in [5.41, 5.74) is 2.33. The molecule has 0 unspecified atom stereocenters. The Morgan fingerprint density at radius 3 is 2.38 bits per heavy atom. The molecule has 8 nitrogen and oxygen atoms in total. The van der Waals surface area contributed by atoms with Crippen LogP contribution in [0.5, 0.6) is 23.0 Å². The van der Waals surface area contributed by atoms with Gasteiger partial charge in [-0.05, 0) is 60.7 Å². The number of rotatable bonds is 7. The number of methoxy groups -OCH3 is 2. The number of halogens is 1. The van der Waals surface area contributed by atoms with Gasteiger partial charge in [0.05, 0.1) is 25.3 Å². The number of para-hydroxylation sites is 1. The van der Waals surface area contributed by atoms with Crippen LogP contribution in [-0.4, -0.2) is 29.7 Å². The van der Waals surface area contributed by atoms with Gasteiger partial charge in [-0.25, -0.2) is 0 Å². The third-order valence-corrected chi connectivity index (χ3v) is 7.32. The molecule has 2 heterocycles. The highest BCUT2D eigenvalue weighted by molar-refractivity contribution is 9.10. The van der Waals surface area contributed by atoms with E-state index in [4.69, 9.17) is 14.2 Å². The smallest absolute Gasteiger partial charge is 0.261 e. The molecule has 1 amide bonds. The number of benzene rings is 4. The molecule has 0 saturated heterocycles. The zero-order chi connectivity index (χ0) is 29.2. The number of carbonyl (C=O) groups is 1. The first-order chi connectivity index (χ1) is 20.4. The lowest BCUT2D eigenvalue weighted by molar-refractivity contribution is 0.102. The number of nitrogens with one attached hydrogen (secondary N) is 1. The van der Waals surface area contributed by atoms with Crippen LogP contribution in [0.1, 0.15) is 10.4 Å². The molecular weight excluding hydrogens is 598 g/mol. The maximum atomic E-state index is 13.5. The van der Waals surface area contributed by atoms with E-state index in [1.54, 1.807) is 81.2 Å². The summed E-state index contributed by atoms with van der Waals surface area (Å²) in [6.07, 6.45) is 3.22. The molecule has 9 heteroatoms. The van der Waals surface area contributed by atoms with Gasteiger partial charge >= 0.3 is 0 Å². The van der Waals surface area contributed by atoms with Crippen molar-refractivity contribution in [1.82, 2.24) is 9.55 Å². The van der Waals surface area contributed by atoms with Crippen LogP contribution in [0.3, 0.4) is 0 Å². The van der Waals surface area contributed by atoms with Crippen molar-refractivity contribution in [1.29, 1.82) is 0 Å². The number of hydrogen-bond donors (Lipinski definition) is 1. The Balaban J connectivity index is 1.32. The van der Waals surface area contributed by atoms with E-state index < -0.39 is 5.91 Å². The number of aromatic nitrogens is 2. The van der Waals surface area contributed by atoms with Crippen molar-refractivity contribution in [3.8, 4) is 28.7 Å². The fourth-order valence-electron chi connectivity index (χ4n) is 4.75. The molecule has 6 rings (SSSR count). The van der Waals surface area contributed by atoms with Crippen molar-refractivity contribution in [2.45, 2.75) is 0 Å². The standard InChI is InChI=1S/C33H24BrN3O5/c1-40-30-17-25-27(18-31(30)41-2)35-15-14-29(25)42-23-7-5-6-21(16-23)36-33(39)26-19-37(22-12-10-20(34)11-13-22)28-9-4-3-8-24(28)32(26)38/h3-19H,1-2H3,(H,36,39). The van der Waals surface area contributed by atoms with E-state index in [1.807, 2.05) is 41.0 Å². The predicted molar refractivity (Wildman–Crippen MR) is 167 cm³/mol. The van der Waals surface area contributed by atoms with Crippen molar-refractivity contribution in [3.05, 3.63) is 124 Å². The van der Waals surface area contributed by atoms with Crippen molar-refractivity contribution < 1.29 is 19.0 Å². The Kier molecular flexibility index (Phi) is 7.33. The lowest BCUT2D eigenvalue weighted by atomic mass is 10.1. The van der Waals surface area contributed by atoms with Crippen molar-refractivity contribution in [2.24, 2.45) is 0 Å². The molecule has 6 aromatic rings. The molecule has 0 aliphatic heterocycles. The lowest BCUT2D eigenvalue weighted by Crippen LogP contribution is -2.23. The van der Waals surface area contributed by atoms with E-state index in [0.717, 1.165) is 15.5 Å². The van der Waals surface area contributed by atoms with Crippen LogP contribution >= 0.6 is 15.9 Å². The van der Waals surface area contributed by atoms with Gasteiger partial charge in [-0.15, -0.1) is 0 Å². The molecule has 0 fully saturated rings. The van der Waals surface area contributed by atoms with E-state index in [0.29, 0.717) is 45.1 Å². The van der Waals surface area contributed by atoms with Gasteiger partial charge < -0.3 is 24.1 Å². The van der Waals surface area contributed by atoms with Gasteiger partial charge in [-0.2, -0.15) is 0 Å². The van der Waals surface area contributed by atoms with Gasteiger partial charge in [0, 0.05) is 51.1 Å². The van der Waals surface area contributed by atoms with E-state index in [9.17, 15) is 9.59 Å². The van der Waals surface area contributed by atoms with Crippen LogP contribution in [0, 0.1) is 0 Å². The summed E-state index contributed by atoms with van der Waals surface area (Å²) in [6, 6.07) is 27.2. The molecule has 0 saturated carbocycles. The van der Waals surface area contributed by atoms with E-state index >= 15 is 0 Å². The normalized spacial score (nSPS) is 10.9. The van der Waals surface area contributed by atoms with Crippen molar-refractivity contribution >= 4 is 49.3 Å². The average molecular weight is 622 g/mol. The summed E-state index contributed by atoms with van der Waals surface area (Å²) < 4.78 is 19.8. The largest absolute Gasteiger partial charge is 0.493 e. The number of fused-ring (bicyclic) bond motifs is 2. The summed E-state index contributed by atoms with van der Waals surface area (Å²) in [5, 5.41) is 4.04. The monoisotopic (exact) mass is 621 g/mol. The molecule has 1 N–H and O–H groups in total. The minimum absolute atomic E-state index is 0.0177. The highest BCUT2D eigenvalue weighted by Crippen LogP contribution is 2.37. The first kappa shape index (κ1) is 27.0. The Morgan fingerprint density at radius 1 is 0.833 bits per heavy atom. The summed E-state index contributed by atoms with van der Waals surface area (Å²) in [7, 11) is 3.13. The molecule has 4 aromatic carbocycles. The van der Waals surface area contributed by atoms with Gasteiger partial charge in [0.1, 0.15) is 17.1 Å². The molecule has 0 aliphatic rings. The number of carbonyl (C=O) groups excluding carboxylic acids is 1. The van der Waals surface area contributed by atoms with Crippen LogP contribution in [0.2, 0.25) is 0 Å². The SMILES string of the molecule is COc1cc2nccc(Oc3cccc(NC(=O)c4cn(-c5ccc(Br)cc5)c5ccccc5c4=O)c3)c2cc1OC. The summed E-state index contributed by atoms with van der Waals surface area (Å²) in [6.45, 7) is 0. The molecule has 2 aromatic heterocycles. The molecule has 0 aliphatic carbocycles. The highest BCUT2D eigenvalue weighted by atomic mass is 79.9. The average Bonchev–Trinajstić information content (AvgIpc) is 3.01. The van der Waals surface area contributed by atoms with E-state index in [1.165, 1.54) is 0 Å². The molecule has 0 radical (unpaired) electrons. The molecule has 0 bridgehead atoms. The van der Waals surface area contributed by atoms with Crippen molar-refractivity contribution in [3.63, 3.8) is 0 Å². The van der Waals surface area contributed by atoms with E-state index in [-0.39, 0.29) is 11.0 Å². The first-order valence-electron chi connectivity index (χ1n) is 13.0. The minimum Gasteiger partial charge on any atom is -0.493 e. The second kappa shape index (κ2) is 11.4. The number of ether oxygens (including phenoxy) is 3. The highest BCUT2D eigenvalue weighted by Gasteiger charge is 2.17. The number of amides is 1. The third kappa shape index (κ3) is 5.17. The number of pyridine rings is 2. The second-order valence-corrected chi connectivity index (χ2v) is 10.3. The van der Waals surface area contributed by atoms with Crippen LogP contribution in [-0.2, 0) is 0 Å². The van der Waals surface area contributed by atoms with Crippen LogP contribution < -0.4 is 25.0 Å². The van der Waals surface area contributed by atoms with Gasteiger partial charge in [-0.1, -0.05) is 34.1 Å². The zero-order valence-electron chi connectivity index (χ0n) is 22.6. The van der Waals surface area contributed by atoms with Gasteiger partial charge in [0.25, 0.3) is 5.91 Å². The molecule has 208 valence electrons. The summed E-state index contributed by atoms with van der Waals surface area (Å²) in [5.74, 6) is 1.62. The third-order valence-electron chi connectivity index (χ3n) is 6.79. The molecular formula is C33H24BrN3O5. The number of anilines is 1. The summed E-state index contributed by atoms with van der Waals surface area (Å²) in [4.78, 5) is 31.3.